The van der Waals surface area contributed by atoms with E-state index in [1.54, 1.807) is 0 Å². The number of ether oxygens (including phenoxy) is 1. The zero-order valence-electron chi connectivity index (χ0n) is 12.8. The van der Waals surface area contributed by atoms with Gasteiger partial charge in [-0.25, -0.2) is 0 Å². The highest BCUT2D eigenvalue weighted by Gasteiger charge is 2.80. The summed E-state index contributed by atoms with van der Waals surface area (Å²) in [7, 11) is 0. The normalized spacial score (nSPS) is 59.7. The van der Waals surface area contributed by atoms with Crippen molar-refractivity contribution in [3.8, 4) is 0 Å². The molecule has 6 unspecified atom stereocenters. The Kier molecular flexibility index (Phi) is 1.78. The van der Waals surface area contributed by atoms with Gasteiger partial charge in [0.1, 0.15) is 0 Å². The van der Waals surface area contributed by atoms with Crippen molar-refractivity contribution in [1.82, 2.24) is 4.90 Å². The third kappa shape index (κ3) is 0.903. The Bertz CT molecular complexity index is 456. The summed E-state index contributed by atoms with van der Waals surface area (Å²) in [5.74, 6) is 0.849. The molecular formula is C17H27NO. The van der Waals surface area contributed by atoms with Crippen molar-refractivity contribution >= 4 is 0 Å². The lowest BCUT2D eigenvalue weighted by Gasteiger charge is -2.68. The highest BCUT2D eigenvalue weighted by atomic mass is 16.5. The van der Waals surface area contributed by atoms with Crippen molar-refractivity contribution in [1.29, 1.82) is 0 Å². The summed E-state index contributed by atoms with van der Waals surface area (Å²) in [5.41, 5.74) is 1.38. The van der Waals surface area contributed by atoms with Gasteiger partial charge >= 0.3 is 0 Å². The number of nitrogens with zero attached hydrogens (tertiary/aromatic N) is 1. The minimum absolute atomic E-state index is 0.378. The van der Waals surface area contributed by atoms with Crippen molar-refractivity contribution in [3.05, 3.63) is 0 Å². The van der Waals surface area contributed by atoms with Gasteiger partial charge < -0.3 is 4.74 Å². The van der Waals surface area contributed by atoms with Gasteiger partial charge in [-0.15, -0.1) is 0 Å². The average molecular weight is 261 g/mol. The molecule has 4 saturated heterocycles. The molecule has 1 aliphatic carbocycles. The number of hydrogen-bond acceptors (Lipinski definition) is 2. The van der Waals surface area contributed by atoms with E-state index in [1.807, 2.05) is 0 Å². The minimum atomic E-state index is 0.378. The van der Waals surface area contributed by atoms with Gasteiger partial charge in [-0.05, 0) is 44.9 Å². The molecule has 5 fully saturated rings. The first kappa shape index (κ1) is 11.6. The fourth-order valence-corrected chi connectivity index (χ4v) is 7.11. The molecule has 5 aliphatic rings. The third-order valence-corrected chi connectivity index (χ3v) is 8.32. The van der Waals surface area contributed by atoms with Crippen LogP contribution in [0.5, 0.6) is 0 Å². The molecular weight excluding hydrogens is 234 g/mol. The topological polar surface area (TPSA) is 12.5 Å². The molecule has 19 heavy (non-hydrogen) atoms. The second-order valence-electron chi connectivity index (χ2n) is 8.92. The van der Waals surface area contributed by atoms with Gasteiger partial charge in [-0.3, -0.25) is 4.90 Å². The molecule has 4 aliphatic heterocycles. The number of hydrogen-bond donors (Lipinski definition) is 0. The Morgan fingerprint density at radius 1 is 1.05 bits per heavy atom. The van der Waals surface area contributed by atoms with Crippen LogP contribution in [-0.4, -0.2) is 34.7 Å². The third-order valence-electron chi connectivity index (χ3n) is 8.32. The zero-order chi connectivity index (χ0) is 13.2. The smallest absolute Gasteiger partial charge is 0.0655 e. The van der Waals surface area contributed by atoms with E-state index in [-0.39, 0.29) is 0 Å². The van der Waals surface area contributed by atoms with Crippen LogP contribution in [0.4, 0.5) is 0 Å². The molecule has 6 atom stereocenters. The Morgan fingerprint density at radius 3 is 2.63 bits per heavy atom. The van der Waals surface area contributed by atoms with Crippen LogP contribution in [0.15, 0.2) is 0 Å². The molecule has 0 aromatic rings. The summed E-state index contributed by atoms with van der Waals surface area (Å²) in [6.45, 7) is 9.99. The predicted octanol–water partition coefficient (Wildman–Crippen LogP) is 3.21. The SMILES string of the molecule is CC1(C)C2C3C4CCC(O4)C34CCCC4N2C1(C)C. The maximum Gasteiger partial charge on any atom is 0.0655 e. The molecule has 2 nitrogen and oxygen atoms in total. The fraction of sp³-hybridized carbons (Fsp3) is 1.00. The maximum absolute atomic E-state index is 6.43. The highest BCUT2D eigenvalue weighted by molar-refractivity contribution is 5.32. The standard InChI is InChI=1S/C17H27NO/c1-15(2)14-13-10-7-8-12(19-10)17(13)9-5-6-11(17)18(14)16(15,3)4/h10-14H,5-9H2,1-4H3. The maximum atomic E-state index is 6.43. The van der Waals surface area contributed by atoms with Crippen LogP contribution >= 0.6 is 0 Å². The van der Waals surface area contributed by atoms with Crippen molar-refractivity contribution in [2.75, 3.05) is 0 Å². The largest absolute Gasteiger partial charge is 0.374 e. The first-order valence-electron chi connectivity index (χ1n) is 8.36. The lowest BCUT2D eigenvalue weighted by Crippen LogP contribution is -2.76. The zero-order valence-corrected chi connectivity index (χ0v) is 12.8. The summed E-state index contributed by atoms with van der Waals surface area (Å²) in [6, 6.07) is 1.63. The quantitative estimate of drug-likeness (QED) is 0.664. The molecule has 2 heteroatoms. The van der Waals surface area contributed by atoms with Gasteiger partial charge in [0.15, 0.2) is 0 Å². The monoisotopic (exact) mass is 261 g/mol. The van der Waals surface area contributed by atoms with Crippen LogP contribution < -0.4 is 0 Å². The van der Waals surface area contributed by atoms with Crippen molar-refractivity contribution in [2.45, 2.75) is 89.6 Å². The van der Waals surface area contributed by atoms with E-state index < -0.39 is 0 Å². The van der Waals surface area contributed by atoms with Gasteiger partial charge in [0.2, 0.25) is 0 Å². The van der Waals surface area contributed by atoms with E-state index in [4.69, 9.17) is 4.74 Å². The Hall–Kier alpha value is -0.0800. The average Bonchev–Trinajstić information content (AvgIpc) is 3.02. The van der Waals surface area contributed by atoms with Crippen LogP contribution in [0.3, 0.4) is 0 Å². The summed E-state index contributed by atoms with van der Waals surface area (Å²) in [4.78, 5) is 2.94. The van der Waals surface area contributed by atoms with Crippen LogP contribution in [0, 0.1) is 16.7 Å². The second kappa shape index (κ2) is 2.92. The molecule has 2 bridgehead atoms. The first-order valence-corrected chi connectivity index (χ1v) is 8.36. The van der Waals surface area contributed by atoms with Gasteiger partial charge in [0.05, 0.1) is 12.2 Å². The van der Waals surface area contributed by atoms with Crippen LogP contribution in [0.25, 0.3) is 0 Å². The molecule has 0 N–H and O–H groups in total. The van der Waals surface area contributed by atoms with E-state index in [0.29, 0.717) is 28.6 Å². The molecule has 0 aromatic heterocycles. The molecule has 4 heterocycles. The first-order chi connectivity index (χ1) is 8.92. The molecule has 5 rings (SSSR count). The Labute approximate surface area is 116 Å². The molecule has 0 amide bonds. The molecule has 0 radical (unpaired) electrons. The summed E-state index contributed by atoms with van der Waals surface area (Å²) < 4.78 is 6.43. The van der Waals surface area contributed by atoms with Crippen molar-refractivity contribution < 1.29 is 4.74 Å². The van der Waals surface area contributed by atoms with E-state index in [1.165, 1.54) is 32.1 Å². The molecule has 106 valence electrons. The second-order valence-corrected chi connectivity index (χ2v) is 8.92. The van der Waals surface area contributed by atoms with Gasteiger partial charge in [-0.2, -0.15) is 0 Å². The number of fused-ring (bicyclic) bond motifs is 6. The Balaban J connectivity index is 1.68. The van der Waals surface area contributed by atoms with Crippen molar-refractivity contribution in [2.24, 2.45) is 16.7 Å². The van der Waals surface area contributed by atoms with E-state index >= 15 is 0 Å². The van der Waals surface area contributed by atoms with E-state index in [9.17, 15) is 0 Å². The van der Waals surface area contributed by atoms with Crippen molar-refractivity contribution in [3.63, 3.8) is 0 Å². The summed E-state index contributed by atoms with van der Waals surface area (Å²) in [5, 5.41) is 0. The summed E-state index contributed by atoms with van der Waals surface area (Å²) >= 11 is 0. The van der Waals surface area contributed by atoms with Crippen LogP contribution in [0.2, 0.25) is 0 Å². The molecule has 0 aromatic carbocycles. The molecule has 1 saturated carbocycles. The van der Waals surface area contributed by atoms with Gasteiger partial charge in [0, 0.05) is 29.0 Å². The highest BCUT2D eigenvalue weighted by Crippen LogP contribution is 2.75. The lowest BCUT2D eigenvalue weighted by atomic mass is 9.54. The van der Waals surface area contributed by atoms with Crippen LogP contribution in [-0.2, 0) is 4.74 Å². The Morgan fingerprint density at radius 2 is 1.84 bits per heavy atom. The van der Waals surface area contributed by atoms with E-state index in [0.717, 1.165) is 18.0 Å². The van der Waals surface area contributed by atoms with Gasteiger partial charge in [-0.1, -0.05) is 20.3 Å². The summed E-state index contributed by atoms with van der Waals surface area (Å²) in [6.07, 6.45) is 8.20. The fourth-order valence-electron chi connectivity index (χ4n) is 7.11. The van der Waals surface area contributed by atoms with E-state index in [2.05, 4.69) is 32.6 Å². The predicted molar refractivity (Wildman–Crippen MR) is 74.9 cm³/mol. The van der Waals surface area contributed by atoms with Gasteiger partial charge in [0.25, 0.3) is 0 Å². The minimum Gasteiger partial charge on any atom is -0.374 e. The van der Waals surface area contributed by atoms with Crippen LogP contribution in [0.1, 0.15) is 59.8 Å². The lowest BCUT2D eigenvalue weighted by molar-refractivity contribution is -0.193. The number of rotatable bonds is 0. The molecule has 1 spiro atoms.